The first-order chi connectivity index (χ1) is 13.2. The molecule has 4 aromatic rings. The topological polar surface area (TPSA) is 0 Å². The number of halogens is 2. The van der Waals surface area contributed by atoms with E-state index in [0.717, 1.165) is 8.58 Å². The van der Waals surface area contributed by atoms with Crippen molar-refractivity contribution >= 4 is 30.0 Å². The first-order valence-corrected chi connectivity index (χ1v) is 10.9. The van der Waals surface area contributed by atoms with Gasteiger partial charge in [0.05, 0.1) is 0 Å². The van der Waals surface area contributed by atoms with Crippen molar-refractivity contribution in [2.45, 2.75) is 40.0 Å². The number of unbranched alkanes of at least 4 members (excludes halogenated alkanes) is 1. The van der Waals surface area contributed by atoms with Crippen LogP contribution in [-0.4, -0.2) is 0 Å². The van der Waals surface area contributed by atoms with Crippen molar-refractivity contribution in [2.75, 3.05) is 0 Å². The predicted octanol–water partition coefficient (Wildman–Crippen LogP) is 0.558. The van der Waals surface area contributed by atoms with Crippen LogP contribution in [-0.2, 0) is 32.6 Å². The standard InChI is InChI=1S/C16H14P.C10H15.2FH.Zr/c1-12-6-2-5-9-16(12)17-15-10-13-7-3-4-8-14(13)11-15;1-3-4-7-10-8-5-6-9(10)2;;;/h2-11,17H,1H3;5-6,8H,3-4,7H2,1-2H3;2*1H;/q2*-1;;;+4/p-2. The molecule has 0 bridgehead atoms. The van der Waals surface area contributed by atoms with Crippen molar-refractivity contribution in [3.8, 4) is 0 Å². The first-order valence-electron chi connectivity index (χ1n) is 9.86. The molecule has 0 N–H and O–H groups in total. The van der Waals surface area contributed by atoms with Gasteiger partial charge in [-0.25, -0.2) is 12.1 Å². The largest absolute Gasteiger partial charge is 4.00 e. The van der Waals surface area contributed by atoms with Crippen LogP contribution in [0.5, 0.6) is 0 Å². The van der Waals surface area contributed by atoms with Crippen LogP contribution in [0.25, 0.3) is 10.8 Å². The summed E-state index contributed by atoms with van der Waals surface area (Å²) < 4.78 is 0. The Balaban J connectivity index is 0.000000569. The third-order valence-electron chi connectivity index (χ3n) is 4.99. The van der Waals surface area contributed by atoms with E-state index in [-0.39, 0.29) is 35.6 Å². The molecule has 0 aliphatic rings. The molecule has 0 amide bonds. The van der Waals surface area contributed by atoms with Gasteiger partial charge in [-0.05, 0) is 17.8 Å². The molecule has 4 rings (SSSR count). The summed E-state index contributed by atoms with van der Waals surface area (Å²) in [5, 5.41) is 5.58. The fraction of sp³-hybridized carbons (Fsp3) is 0.231. The second kappa shape index (κ2) is 14.6. The van der Waals surface area contributed by atoms with E-state index in [1.807, 2.05) is 0 Å². The molecule has 4 heteroatoms. The number of rotatable bonds is 5. The maximum atomic E-state index is 2.31. The van der Waals surface area contributed by atoms with Crippen LogP contribution in [0.15, 0.2) is 78.9 Å². The zero-order chi connectivity index (χ0) is 19.1. The van der Waals surface area contributed by atoms with Gasteiger partial charge in [0.2, 0.25) is 0 Å². The van der Waals surface area contributed by atoms with Crippen molar-refractivity contribution in [3.05, 3.63) is 95.6 Å². The van der Waals surface area contributed by atoms with Gasteiger partial charge < -0.3 is 9.41 Å². The van der Waals surface area contributed by atoms with Crippen molar-refractivity contribution in [3.63, 3.8) is 0 Å². The Labute approximate surface area is 200 Å². The van der Waals surface area contributed by atoms with Gasteiger partial charge in [-0.2, -0.15) is 23.3 Å². The molecule has 1 atom stereocenters. The zero-order valence-electron chi connectivity index (χ0n) is 17.9. The maximum Gasteiger partial charge on any atom is 4.00 e. The number of hydrogen-bond acceptors (Lipinski definition) is 0. The molecule has 0 radical (unpaired) electrons. The normalized spacial score (nSPS) is 9.97. The average Bonchev–Trinajstić information content (AvgIpc) is 3.27. The van der Waals surface area contributed by atoms with Crippen molar-refractivity contribution in [2.24, 2.45) is 0 Å². The van der Waals surface area contributed by atoms with Crippen LogP contribution in [0.2, 0.25) is 0 Å². The molecule has 0 spiro atoms. The Morgan fingerprint density at radius 2 is 1.60 bits per heavy atom. The van der Waals surface area contributed by atoms with Crippen LogP contribution in [0.3, 0.4) is 0 Å². The van der Waals surface area contributed by atoms with Gasteiger partial charge in [-0.15, -0.1) is 40.3 Å². The van der Waals surface area contributed by atoms with E-state index in [2.05, 4.69) is 99.6 Å². The van der Waals surface area contributed by atoms with Crippen molar-refractivity contribution in [1.82, 2.24) is 0 Å². The van der Waals surface area contributed by atoms with E-state index in [4.69, 9.17) is 0 Å². The fourth-order valence-corrected chi connectivity index (χ4v) is 4.51. The number of fused-ring (bicyclic) bond motifs is 1. The molecule has 0 nitrogen and oxygen atoms in total. The minimum atomic E-state index is 0. The van der Waals surface area contributed by atoms with Crippen molar-refractivity contribution in [1.29, 1.82) is 0 Å². The molecule has 4 aromatic carbocycles. The molecule has 0 saturated carbocycles. The van der Waals surface area contributed by atoms with E-state index in [1.165, 1.54) is 57.3 Å². The Morgan fingerprint density at radius 3 is 2.23 bits per heavy atom. The monoisotopic (exact) mass is 500 g/mol. The number of aryl methyl sites for hydroxylation is 3. The summed E-state index contributed by atoms with van der Waals surface area (Å²) in [7, 11) is 0.759. The molecule has 0 aromatic heterocycles. The van der Waals surface area contributed by atoms with Gasteiger partial charge in [-0.3, -0.25) is 0 Å². The SMILES string of the molecule is CCCC[c-]1cccc1C.Cc1ccccc1Pc1cc2ccccc2[cH-]1.[F-].[F-].[Zr+4]. The summed E-state index contributed by atoms with van der Waals surface area (Å²) >= 11 is 0. The van der Waals surface area contributed by atoms with Crippen LogP contribution in [0.4, 0.5) is 0 Å². The molecule has 0 saturated heterocycles. The molecule has 156 valence electrons. The number of hydrogen-bond donors (Lipinski definition) is 0. The van der Waals surface area contributed by atoms with Gasteiger partial charge in [0.1, 0.15) is 0 Å². The maximum absolute atomic E-state index is 2.31. The first kappa shape index (κ1) is 28.6. The van der Waals surface area contributed by atoms with Gasteiger partial charge in [0.15, 0.2) is 0 Å². The molecule has 0 fully saturated rings. The summed E-state index contributed by atoms with van der Waals surface area (Å²) in [6, 6.07) is 28.4. The number of benzene rings is 2. The van der Waals surface area contributed by atoms with Gasteiger partial charge in [0.25, 0.3) is 0 Å². The molecular weight excluding hydrogens is 472 g/mol. The minimum absolute atomic E-state index is 0. The van der Waals surface area contributed by atoms with Gasteiger partial charge in [-0.1, -0.05) is 72.0 Å². The third-order valence-corrected chi connectivity index (χ3v) is 6.40. The van der Waals surface area contributed by atoms with E-state index in [1.54, 1.807) is 0 Å². The second-order valence-electron chi connectivity index (χ2n) is 7.15. The smallest absolute Gasteiger partial charge is 1.00 e. The van der Waals surface area contributed by atoms with Crippen LogP contribution >= 0.6 is 8.58 Å². The third kappa shape index (κ3) is 8.01. The Bertz CT molecular complexity index is 954. The molecule has 1 unspecified atom stereocenters. The summed E-state index contributed by atoms with van der Waals surface area (Å²) in [6.45, 7) is 6.61. The molecule has 0 heterocycles. The van der Waals surface area contributed by atoms with E-state index in [9.17, 15) is 0 Å². The van der Waals surface area contributed by atoms with E-state index < -0.39 is 0 Å². The Hall–Kier alpha value is -1.43. The van der Waals surface area contributed by atoms with Crippen LogP contribution in [0, 0.1) is 13.8 Å². The summed E-state index contributed by atoms with van der Waals surface area (Å²) in [5.74, 6) is 0. The molecule has 0 aliphatic heterocycles. The summed E-state index contributed by atoms with van der Waals surface area (Å²) in [5.41, 5.74) is 4.37. The predicted molar refractivity (Wildman–Crippen MR) is 124 cm³/mol. The quantitative estimate of drug-likeness (QED) is 0.277. The van der Waals surface area contributed by atoms with Crippen LogP contribution in [0.1, 0.15) is 36.5 Å². The molecular formula is C26H29F2PZr. The van der Waals surface area contributed by atoms with Crippen molar-refractivity contribution < 1.29 is 35.6 Å². The molecule has 0 aliphatic carbocycles. The van der Waals surface area contributed by atoms with Gasteiger partial charge >= 0.3 is 26.2 Å². The fourth-order valence-electron chi connectivity index (χ4n) is 3.29. The Morgan fingerprint density at radius 1 is 0.900 bits per heavy atom. The summed E-state index contributed by atoms with van der Waals surface area (Å²) in [4.78, 5) is 0. The second-order valence-corrected chi connectivity index (χ2v) is 8.52. The van der Waals surface area contributed by atoms with E-state index >= 15 is 0 Å². The van der Waals surface area contributed by atoms with Crippen LogP contribution < -0.4 is 20.0 Å². The van der Waals surface area contributed by atoms with E-state index in [0.29, 0.717) is 0 Å². The minimum Gasteiger partial charge on any atom is -1.00 e. The average molecular weight is 502 g/mol. The zero-order valence-corrected chi connectivity index (χ0v) is 21.3. The summed E-state index contributed by atoms with van der Waals surface area (Å²) in [6.07, 6.45) is 3.88. The Kier molecular flexibility index (Phi) is 13.9. The molecule has 30 heavy (non-hydrogen) atoms. The van der Waals surface area contributed by atoms with Gasteiger partial charge in [0, 0.05) is 0 Å².